The summed E-state index contributed by atoms with van der Waals surface area (Å²) >= 11 is 0. The number of carbonyl (C=O) groups is 1. The molecule has 6 heteroatoms. The van der Waals surface area contributed by atoms with Crippen LogP contribution in [-0.2, 0) is 19.0 Å². The fraction of sp³-hybridized carbons (Fsp3) is 0.467. The van der Waals surface area contributed by atoms with Crippen molar-refractivity contribution in [3.8, 4) is 0 Å². The number of hydrogen-bond donors (Lipinski definition) is 1. The van der Waals surface area contributed by atoms with Crippen LogP contribution in [0.4, 0.5) is 0 Å². The molecule has 2 N–H and O–H groups in total. The van der Waals surface area contributed by atoms with E-state index in [1.165, 1.54) is 7.11 Å². The van der Waals surface area contributed by atoms with Gasteiger partial charge in [-0.3, -0.25) is 4.79 Å². The van der Waals surface area contributed by atoms with Crippen molar-refractivity contribution in [2.45, 2.75) is 27.1 Å². The Hall–Kier alpha value is -1.92. The van der Waals surface area contributed by atoms with E-state index in [2.05, 4.69) is 11.6 Å². The van der Waals surface area contributed by atoms with Gasteiger partial charge in [0.05, 0.1) is 7.11 Å². The predicted molar refractivity (Wildman–Crippen MR) is 82.7 cm³/mol. The van der Waals surface area contributed by atoms with Gasteiger partial charge in [-0.15, -0.1) is 0 Å². The van der Waals surface area contributed by atoms with E-state index in [4.69, 9.17) is 19.9 Å². The lowest BCUT2D eigenvalue weighted by Gasteiger charge is -2.15. The molecule has 0 aliphatic carbocycles. The number of carbonyl (C=O) groups excluding carboxylic acids is 1. The second kappa shape index (κ2) is 10.8. The molecule has 0 aromatic rings. The molecule has 0 heterocycles. The summed E-state index contributed by atoms with van der Waals surface area (Å²) in [5.41, 5.74) is 6.12. The minimum absolute atomic E-state index is 0.0120. The molecule has 1 amide bonds. The molecule has 0 aromatic heterocycles. The van der Waals surface area contributed by atoms with Gasteiger partial charge in [0.1, 0.15) is 5.76 Å². The van der Waals surface area contributed by atoms with Crippen molar-refractivity contribution < 1.29 is 19.0 Å². The number of methoxy groups -OCH3 is 1. The molecule has 0 aliphatic heterocycles. The molecule has 0 saturated carbocycles. The Labute approximate surface area is 126 Å². The molecule has 118 valence electrons. The van der Waals surface area contributed by atoms with Crippen LogP contribution in [0, 0.1) is 0 Å². The van der Waals surface area contributed by atoms with Crippen molar-refractivity contribution in [2.24, 2.45) is 10.7 Å². The standard InChI is InChI=1S/C15H24N2O4/c1-6-12(10-9-11(4)19-5)14(18)17-13(16)15(20-7-2)21-8-3/h6,9-10,15H,4,7-8H2,1-3,5H3,(H2,16,17,18)/b10-9-,12-6+. The molecule has 0 radical (unpaired) electrons. The summed E-state index contributed by atoms with van der Waals surface area (Å²) in [6.45, 7) is 9.76. The largest absolute Gasteiger partial charge is 0.497 e. The van der Waals surface area contributed by atoms with Crippen molar-refractivity contribution in [1.82, 2.24) is 0 Å². The first-order valence-electron chi connectivity index (χ1n) is 6.68. The van der Waals surface area contributed by atoms with Gasteiger partial charge in [0.25, 0.3) is 5.91 Å². The summed E-state index contributed by atoms with van der Waals surface area (Å²) in [4.78, 5) is 15.8. The summed E-state index contributed by atoms with van der Waals surface area (Å²) in [5.74, 6) is -0.0674. The molecule has 0 unspecified atom stereocenters. The summed E-state index contributed by atoms with van der Waals surface area (Å²) < 4.78 is 15.4. The summed E-state index contributed by atoms with van der Waals surface area (Å²) in [6, 6.07) is 0. The molecule has 0 fully saturated rings. The monoisotopic (exact) mass is 296 g/mol. The Morgan fingerprint density at radius 1 is 1.29 bits per heavy atom. The van der Waals surface area contributed by atoms with Gasteiger partial charge in [0.15, 0.2) is 5.84 Å². The Bertz CT molecular complexity index is 433. The Morgan fingerprint density at radius 3 is 2.29 bits per heavy atom. The SMILES string of the molecule is C=C(/C=C\C(=C/C)C(=O)N=C(N)C(OCC)OCC)OC. The minimum Gasteiger partial charge on any atom is -0.497 e. The fourth-order valence-electron chi connectivity index (χ4n) is 1.30. The van der Waals surface area contributed by atoms with Gasteiger partial charge >= 0.3 is 0 Å². The number of allylic oxidation sites excluding steroid dienone is 2. The van der Waals surface area contributed by atoms with Crippen molar-refractivity contribution >= 4 is 11.7 Å². The van der Waals surface area contributed by atoms with Crippen LogP contribution >= 0.6 is 0 Å². The van der Waals surface area contributed by atoms with E-state index in [0.29, 0.717) is 24.5 Å². The highest BCUT2D eigenvalue weighted by Gasteiger charge is 2.15. The van der Waals surface area contributed by atoms with Crippen LogP contribution in [0.15, 0.2) is 41.1 Å². The maximum atomic E-state index is 12.0. The molecule has 0 spiro atoms. The van der Waals surface area contributed by atoms with E-state index in [0.717, 1.165) is 0 Å². The quantitative estimate of drug-likeness (QED) is 0.175. The Morgan fingerprint density at radius 2 is 1.86 bits per heavy atom. The first-order chi connectivity index (χ1) is 9.99. The highest BCUT2D eigenvalue weighted by molar-refractivity contribution is 6.04. The highest BCUT2D eigenvalue weighted by Crippen LogP contribution is 2.05. The van der Waals surface area contributed by atoms with Crippen molar-refractivity contribution in [3.63, 3.8) is 0 Å². The normalized spacial score (nSPS) is 13.0. The van der Waals surface area contributed by atoms with Crippen LogP contribution in [0.2, 0.25) is 0 Å². The fourth-order valence-corrected chi connectivity index (χ4v) is 1.30. The van der Waals surface area contributed by atoms with Gasteiger partial charge in [-0.2, -0.15) is 4.99 Å². The first-order valence-corrected chi connectivity index (χ1v) is 6.68. The van der Waals surface area contributed by atoms with Crippen molar-refractivity contribution in [3.05, 3.63) is 36.1 Å². The number of nitrogens with two attached hydrogens (primary N) is 1. The molecule has 0 atom stereocenters. The van der Waals surface area contributed by atoms with Crippen LogP contribution in [-0.4, -0.2) is 38.4 Å². The summed E-state index contributed by atoms with van der Waals surface area (Å²) in [6.07, 6.45) is 3.93. The summed E-state index contributed by atoms with van der Waals surface area (Å²) in [5, 5.41) is 0. The molecule has 0 saturated heterocycles. The smallest absolute Gasteiger partial charge is 0.278 e. The average molecular weight is 296 g/mol. The molecule has 0 aromatic carbocycles. The number of amidine groups is 1. The topological polar surface area (TPSA) is 83.1 Å². The number of hydrogen-bond acceptors (Lipinski definition) is 4. The van der Waals surface area contributed by atoms with Gasteiger partial charge in [-0.05, 0) is 32.9 Å². The second-order valence-corrected chi connectivity index (χ2v) is 3.83. The number of ether oxygens (including phenoxy) is 3. The molecule has 0 rings (SSSR count). The van der Waals surface area contributed by atoms with Gasteiger partial charge in [-0.1, -0.05) is 12.7 Å². The molecular formula is C15H24N2O4. The molecule has 21 heavy (non-hydrogen) atoms. The van der Waals surface area contributed by atoms with Crippen LogP contribution < -0.4 is 5.73 Å². The minimum atomic E-state index is -0.819. The first kappa shape index (κ1) is 19.1. The zero-order chi connectivity index (χ0) is 16.3. The van der Waals surface area contributed by atoms with E-state index in [1.54, 1.807) is 39.0 Å². The van der Waals surface area contributed by atoms with Crippen LogP contribution in [0.3, 0.4) is 0 Å². The van der Waals surface area contributed by atoms with Crippen molar-refractivity contribution in [1.29, 1.82) is 0 Å². The molecule has 0 bridgehead atoms. The van der Waals surface area contributed by atoms with Gasteiger partial charge < -0.3 is 19.9 Å². The predicted octanol–water partition coefficient (Wildman–Crippen LogP) is 1.93. The van der Waals surface area contributed by atoms with Crippen LogP contribution in [0.1, 0.15) is 20.8 Å². The maximum Gasteiger partial charge on any atom is 0.278 e. The van der Waals surface area contributed by atoms with E-state index in [9.17, 15) is 4.79 Å². The molecule has 6 nitrogen and oxygen atoms in total. The number of nitrogens with zero attached hydrogens (tertiary/aromatic N) is 1. The Balaban J connectivity index is 4.99. The van der Waals surface area contributed by atoms with E-state index in [-0.39, 0.29) is 5.84 Å². The number of aliphatic imine (C=N–C) groups is 1. The van der Waals surface area contributed by atoms with E-state index >= 15 is 0 Å². The number of rotatable bonds is 9. The third-order valence-electron chi connectivity index (χ3n) is 2.38. The van der Waals surface area contributed by atoms with E-state index in [1.807, 2.05) is 0 Å². The second-order valence-electron chi connectivity index (χ2n) is 3.83. The number of amides is 1. The van der Waals surface area contributed by atoms with Gasteiger partial charge in [0.2, 0.25) is 6.29 Å². The van der Waals surface area contributed by atoms with E-state index < -0.39 is 12.2 Å². The zero-order valence-electron chi connectivity index (χ0n) is 13.1. The Kier molecular flexibility index (Phi) is 9.83. The molecular weight excluding hydrogens is 272 g/mol. The third-order valence-corrected chi connectivity index (χ3v) is 2.38. The summed E-state index contributed by atoms with van der Waals surface area (Å²) in [7, 11) is 1.49. The lowest BCUT2D eigenvalue weighted by Crippen LogP contribution is -2.35. The lowest BCUT2D eigenvalue weighted by atomic mass is 10.2. The molecule has 0 aliphatic rings. The average Bonchev–Trinajstić information content (AvgIpc) is 2.47. The van der Waals surface area contributed by atoms with Gasteiger partial charge in [-0.25, -0.2) is 0 Å². The van der Waals surface area contributed by atoms with Gasteiger partial charge in [0, 0.05) is 18.8 Å². The zero-order valence-corrected chi connectivity index (χ0v) is 13.1. The highest BCUT2D eigenvalue weighted by atomic mass is 16.7. The van der Waals surface area contributed by atoms with Crippen LogP contribution in [0.5, 0.6) is 0 Å². The lowest BCUT2D eigenvalue weighted by molar-refractivity contribution is -0.114. The van der Waals surface area contributed by atoms with Crippen molar-refractivity contribution in [2.75, 3.05) is 20.3 Å². The van der Waals surface area contributed by atoms with Crippen LogP contribution in [0.25, 0.3) is 0 Å². The maximum absolute atomic E-state index is 12.0. The third kappa shape index (κ3) is 7.43.